The second kappa shape index (κ2) is 10.5. The van der Waals surface area contributed by atoms with Crippen LogP contribution in [0, 0.1) is 11.8 Å². The molecule has 8 heteroatoms. The SMILES string of the molecule is C=C[C@H]1CN2CC[C@H]1C[C@@H]2[C@@H](O)c1c(CCOC(=O)CC(=O)OCC)cnc2ccc(O)cc12. The van der Waals surface area contributed by atoms with E-state index in [1.54, 1.807) is 31.3 Å². The predicted octanol–water partition coefficient (Wildman–Crippen LogP) is 2.91. The molecule has 2 aromatic rings. The number of fused-ring (bicyclic) bond motifs is 4. The fourth-order valence-electron chi connectivity index (χ4n) is 5.34. The third-order valence-electron chi connectivity index (χ3n) is 7.02. The second-order valence-corrected chi connectivity index (χ2v) is 9.04. The van der Waals surface area contributed by atoms with Crippen LogP contribution in [0.2, 0.25) is 0 Å². The van der Waals surface area contributed by atoms with Gasteiger partial charge in [-0.25, -0.2) is 0 Å². The molecule has 0 spiro atoms. The number of hydrogen-bond acceptors (Lipinski definition) is 8. The van der Waals surface area contributed by atoms with Crippen molar-refractivity contribution in [3.05, 3.63) is 48.2 Å². The van der Waals surface area contributed by atoms with Gasteiger partial charge in [-0.15, -0.1) is 6.58 Å². The number of aromatic hydroxyl groups is 1. The van der Waals surface area contributed by atoms with Crippen LogP contribution in [0.25, 0.3) is 10.9 Å². The predicted molar refractivity (Wildman–Crippen MR) is 126 cm³/mol. The van der Waals surface area contributed by atoms with Crippen molar-refractivity contribution in [2.24, 2.45) is 11.8 Å². The Morgan fingerprint density at radius 3 is 2.82 bits per heavy atom. The quantitative estimate of drug-likeness (QED) is 0.329. The Balaban J connectivity index is 1.56. The molecule has 0 radical (unpaired) electrons. The van der Waals surface area contributed by atoms with E-state index in [-0.39, 0.29) is 25.0 Å². The molecule has 5 rings (SSSR count). The minimum atomic E-state index is -0.786. The third-order valence-corrected chi connectivity index (χ3v) is 7.02. The molecule has 182 valence electrons. The Hall–Kier alpha value is -2.97. The molecule has 5 atom stereocenters. The summed E-state index contributed by atoms with van der Waals surface area (Å²) in [6.07, 6.45) is 4.79. The lowest BCUT2D eigenvalue weighted by Crippen LogP contribution is -2.55. The highest BCUT2D eigenvalue weighted by Gasteiger charge is 2.42. The van der Waals surface area contributed by atoms with Gasteiger partial charge in [0.2, 0.25) is 0 Å². The molecule has 2 bridgehead atoms. The fraction of sp³-hybridized carbons (Fsp3) is 0.500. The van der Waals surface area contributed by atoms with Crippen LogP contribution in [0.5, 0.6) is 5.75 Å². The molecule has 3 aliphatic rings. The third kappa shape index (κ3) is 5.08. The number of ether oxygens (including phenoxy) is 2. The van der Waals surface area contributed by atoms with Crippen LogP contribution < -0.4 is 0 Å². The van der Waals surface area contributed by atoms with Crippen molar-refractivity contribution in [1.82, 2.24) is 9.88 Å². The van der Waals surface area contributed by atoms with Crippen molar-refractivity contribution in [3.63, 3.8) is 0 Å². The molecule has 0 saturated carbocycles. The number of aliphatic hydroxyl groups is 1. The molecular weight excluding hydrogens is 436 g/mol. The first kappa shape index (κ1) is 24.2. The highest BCUT2D eigenvalue weighted by Crippen LogP contribution is 2.43. The normalized spacial score (nSPS) is 24.5. The van der Waals surface area contributed by atoms with E-state index < -0.39 is 24.5 Å². The molecular formula is C26H32N2O6. The summed E-state index contributed by atoms with van der Waals surface area (Å²) >= 11 is 0. The summed E-state index contributed by atoms with van der Waals surface area (Å²) in [4.78, 5) is 30.3. The molecule has 1 aromatic carbocycles. The molecule has 1 unspecified atom stereocenters. The molecule has 3 saturated heterocycles. The lowest BCUT2D eigenvalue weighted by Gasteiger charge is -2.50. The van der Waals surface area contributed by atoms with E-state index in [4.69, 9.17) is 9.47 Å². The topological polar surface area (TPSA) is 109 Å². The molecule has 4 heterocycles. The Bertz CT molecular complexity index is 1070. The number of benzene rings is 1. The van der Waals surface area contributed by atoms with E-state index >= 15 is 0 Å². The Kier molecular flexibility index (Phi) is 7.48. The van der Waals surface area contributed by atoms with Gasteiger partial charge < -0.3 is 19.7 Å². The van der Waals surface area contributed by atoms with Crippen LogP contribution in [0.1, 0.15) is 43.4 Å². The van der Waals surface area contributed by atoms with Crippen molar-refractivity contribution in [2.45, 2.75) is 44.8 Å². The number of phenolic OH excluding ortho intramolecular Hbond substituents is 1. The van der Waals surface area contributed by atoms with Crippen molar-refractivity contribution >= 4 is 22.8 Å². The summed E-state index contributed by atoms with van der Waals surface area (Å²) < 4.78 is 10.0. The molecule has 2 N–H and O–H groups in total. The number of esters is 2. The van der Waals surface area contributed by atoms with Crippen LogP contribution in [0.4, 0.5) is 0 Å². The van der Waals surface area contributed by atoms with E-state index in [0.717, 1.165) is 31.5 Å². The number of aliphatic hydroxyl groups excluding tert-OH is 1. The molecule has 3 fully saturated rings. The average molecular weight is 469 g/mol. The maximum Gasteiger partial charge on any atom is 0.317 e. The number of nitrogens with zero attached hydrogens (tertiary/aromatic N) is 2. The highest BCUT2D eigenvalue weighted by molar-refractivity contribution is 5.91. The van der Waals surface area contributed by atoms with Gasteiger partial charge in [-0.3, -0.25) is 19.5 Å². The van der Waals surface area contributed by atoms with Crippen LogP contribution in [-0.4, -0.2) is 64.4 Å². The summed E-state index contributed by atoms with van der Waals surface area (Å²) in [5.74, 6) is -0.244. The fourth-order valence-corrected chi connectivity index (χ4v) is 5.34. The van der Waals surface area contributed by atoms with E-state index in [2.05, 4.69) is 16.5 Å². The van der Waals surface area contributed by atoms with E-state index in [0.29, 0.717) is 34.7 Å². The molecule has 3 aliphatic heterocycles. The van der Waals surface area contributed by atoms with E-state index in [9.17, 15) is 19.8 Å². The summed E-state index contributed by atoms with van der Waals surface area (Å²) in [6, 6.07) is 4.88. The van der Waals surface area contributed by atoms with Gasteiger partial charge in [0.05, 0.1) is 24.8 Å². The molecule has 8 nitrogen and oxygen atoms in total. The van der Waals surface area contributed by atoms with Crippen LogP contribution in [-0.2, 0) is 25.5 Å². The highest BCUT2D eigenvalue weighted by atomic mass is 16.6. The van der Waals surface area contributed by atoms with Gasteiger partial charge in [-0.1, -0.05) is 6.08 Å². The Morgan fingerprint density at radius 2 is 2.12 bits per heavy atom. The summed E-state index contributed by atoms with van der Waals surface area (Å²) in [7, 11) is 0. The average Bonchev–Trinajstić information content (AvgIpc) is 2.83. The standard InChI is InChI=1S/C26H32N2O6/c1-3-16-15-28-9-7-17(16)11-22(28)26(32)25-18(8-10-34-24(31)13-23(30)33-4-2)14-27-21-6-5-19(29)12-20(21)25/h3,5-6,12,14,16-17,22,26,29,32H,1,4,7-11,13,15H2,2H3/t16-,17-,22+,26+/m0/s1. The zero-order valence-electron chi connectivity index (χ0n) is 19.5. The van der Waals surface area contributed by atoms with E-state index in [1.165, 1.54) is 0 Å². The van der Waals surface area contributed by atoms with Gasteiger partial charge >= 0.3 is 11.9 Å². The molecule has 0 amide bonds. The van der Waals surface area contributed by atoms with Gasteiger partial charge in [-0.05, 0) is 67.5 Å². The maximum atomic E-state index is 12.0. The van der Waals surface area contributed by atoms with Crippen LogP contribution in [0.15, 0.2) is 37.1 Å². The van der Waals surface area contributed by atoms with Crippen molar-refractivity contribution < 1.29 is 29.3 Å². The zero-order chi connectivity index (χ0) is 24.2. The summed E-state index contributed by atoms with van der Waals surface area (Å²) in [6.45, 7) is 7.71. The van der Waals surface area contributed by atoms with Crippen molar-refractivity contribution in [3.8, 4) is 5.75 Å². The monoisotopic (exact) mass is 468 g/mol. The molecule has 0 aliphatic carbocycles. The van der Waals surface area contributed by atoms with Gasteiger partial charge in [0.1, 0.15) is 12.2 Å². The zero-order valence-corrected chi connectivity index (χ0v) is 19.5. The number of phenols is 1. The second-order valence-electron chi connectivity index (χ2n) is 9.04. The van der Waals surface area contributed by atoms with Crippen LogP contribution in [0.3, 0.4) is 0 Å². The first-order chi connectivity index (χ1) is 16.4. The lowest BCUT2D eigenvalue weighted by molar-refractivity contribution is -0.154. The smallest absolute Gasteiger partial charge is 0.317 e. The number of rotatable bonds is 9. The summed E-state index contributed by atoms with van der Waals surface area (Å²) in [5, 5.41) is 22.5. The minimum Gasteiger partial charge on any atom is -0.508 e. The first-order valence-corrected chi connectivity index (χ1v) is 11.9. The largest absolute Gasteiger partial charge is 0.508 e. The Labute approximate surface area is 199 Å². The van der Waals surface area contributed by atoms with E-state index in [1.807, 2.05) is 6.08 Å². The van der Waals surface area contributed by atoms with Gasteiger partial charge in [-0.2, -0.15) is 0 Å². The number of piperidine rings is 3. The van der Waals surface area contributed by atoms with Gasteiger partial charge in [0.15, 0.2) is 0 Å². The van der Waals surface area contributed by atoms with Crippen LogP contribution >= 0.6 is 0 Å². The molecule has 1 aromatic heterocycles. The lowest BCUT2D eigenvalue weighted by atomic mass is 9.73. The maximum absolute atomic E-state index is 12.0. The van der Waals surface area contributed by atoms with Crippen molar-refractivity contribution in [1.29, 1.82) is 0 Å². The number of carbonyl (C=O) groups is 2. The number of pyridine rings is 1. The van der Waals surface area contributed by atoms with Gasteiger partial charge in [0.25, 0.3) is 0 Å². The van der Waals surface area contributed by atoms with Gasteiger partial charge in [0, 0.05) is 30.6 Å². The number of hydrogen-bond donors (Lipinski definition) is 2. The first-order valence-electron chi connectivity index (χ1n) is 11.9. The van der Waals surface area contributed by atoms with Crippen molar-refractivity contribution in [2.75, 3.05) is 26.3 Å². The number of aromatic nitrogens is 1. The Morgan fingerprint density at radius 1 is 1.32 bits per heavy atom. The summed E-state index contributed by atoms with van der Waals surface area (Å²) in [5.41, 5.74) is 2.13. The minimum absolute atomic E-state index is 0.0412. The number of carbonyl (C=O) groups excluding carboxylic acids is 2. The molecule has 34 heavy (non-hydrogen) atoms.